The van der Waals surface area contributed by atoms with Gasteiger partial charge in [0, 0.05) is 18.7 Å². The molecule has 0 aliphatic carbocycles. The van der Waals surface area contributed by atoms with Gasteiger partial charge in [-0.05, 0) is 34.1 Å². The fourth-order valence-electron chi connectivity index (χ4n) is 2.90. The molecule has 3 heterocycles. The predicted molar refractivity (Wildman–Crippen MR) is 136 cm³/mol. The van der Waals surface area contributed by atoms with Crippen molar-refractivity contribution in [2.24, 2.45) is 0 Å². The van der Waals surface area contributed by atoms with Gasteiger partial charge in [0.05, 0.1) is 59.3 Å². The van der Waals surface area contributed by atoms with Gasteiger partial charge >= 0.3 is 12.1 Å². The fourth-order valence-corrected chi connectivity index (χ4v) is 2.90. The van der Waals surface area contributed by atoms with Crippen LogP contribution in [-0.2, 0) is 47.5 Å². The zero-order chi connectivity index (χ0) is 28.3. The molecule has 0 radical (unpaired) electrons. The Morgan fingerprint density at radius 2 is 1.45 bits per heavy atom. The summed E-state index contributed by atoms with van der Waals surface area (Å²) in [6, 6.07) is 0. The van der Waals surface area contributed by atoms with Crippen molar-refractivity contribution in [1.29, 1.82) is 0 Å². The first-order valence-corrected chi connectivity index (χ1v) is 13.1. The van der Waals surface area contributed by atoms with Gasteiger partial charge in [-0.25, -0.2) is 4.79 Å². The molecule has 0 aromatic heterocycles. The summed E-state index contributed by atoms with van der Waals surface area (Å²) in [6.07, 6.45) is 0.622. The monoisotopic (exact) mass is 550 g/mol. The molecule has 2 bridgehead atoms. The largest absolute Gasteiger partial charge is 0.442 e. The zero-order valence-electron chi connectivity index (χ0n) is 23.7. The molecular formula is C25H46N2O11. The van der Waals surface area contributed by atoms with Crippen molar-refractivity contribution < 1.29 is 52.3 Å². The minimum absolute atomic E-state index is 0.309. The van der Waals surface area contributed by atoms with Crippen LogP contribution in [-0.4, -0.2) is 96.2 Å². The van der Waals surface area contributed by atoms with Crippen LogP contribution >= 0.6 is 0 Å². The summed E-state index contributed by atoms with van der Waals surface area (Å²) in [5.74, 6) is -0.704. The van der Waals surface area contributed by atoms with Gasteiger partial charge in [-0.1, -0.05) is 13.8 Å². The lowest BCUT2D eigenvalue weighted by Crippen LogP contribution is -2.52. The summed E-state index contributed by atoms with van der Waals surface area (Å²) >= 11 is 0. The van der Waals surface area contributed by atoms with Gasteiger partial charge in [0.25, 0.3) is 5.95 Å². The number of fused-ring (bicyclic) bond motifs is 2. The van der Waals surface area contributed by atoms with E-state index in [1.807, 2.05) is 26.3 Å². The third kappa shape index (κ3) is 15.3. The van der Waals surface area contributed by atoms with E-state index in [9.17, 15) is 9.59 Å². The average Bonchev–Trinajstić information content (AvgIpc) is 2.84. The molecular weight excluding hydrogens is 504 g/mol. The van der Waals surface area contributed by atoms with E-state index in [2.05, 4.69) is 5.32 Å². The Morgan fingerprint density at radius 3 is 1.97 bits per heavy atom. The summed E-state index contributed by atoms with van der Waals surface area (Å²) in [6.45, 7) is 15.2. The lowest BCUT2D eigenvalue weighted by Gasteiger charge is -2.46. The predicted octanol–water partition coefficient (Wildman–Crippen LogP) is 2.39. The quantitative estimate of drug-likeness (QED) is 0.181. The van der Waals surface area contributed by atoms with Gasteiger partial charge in [-0.15, -0.1) is 0 Å². The maximum absolute atomic E-state index is 11.6. The van der Waals surface area contributed by atoms with Crippen molar-refractivity contribution in [3.8, 4) is 0 Å². The number of ether oxygens (including phenoxy) is 8. The molecule has 2 N–H and O–H groups in total. The topological polar surface area (TPSA) is 141 Å². The summed E-state index contributed by atoms with van der Waals surface area (Å²) in [5, 5.41) is 2.60. The maximum atomic E-state index is 11.6. The first kappa shape index (κ1) is 33.9. The highest BCUT2D eigenvalue weighted by Gasteiger charge is 2.51. The molecule has 0 unspecified atom stereocenters. The molecule has 0 saturated carbocycles. The number of hydroxylamine groups is 1. The molecule has 38 heavy (non-hydrogen) atoms. The Morgan fingerprint density at radius 1 is 0.895 bits per heavy atom. The van der Waals surface area contributed by atoms with Crippen molar-refractivity contribution >= 4 is 12.0 Å². The lowest BCUT2D eigenvalue weighted by atomic mass is 10.2. The SMILES string of the molecule is CC.CC1=C2OC(CCCOCCOCCOCCOCCNC(=O)CONC(=O)OC(C)(C)C)(OC1)O2. The third-order valence-corrected chi connectivity index (χ3v) is 4.57. The third-order valence-electron chi connectivity index (χ3n) is 4.57. The standard InChI is InChI=1S/C23H40N2O11.C2H6/c1-18-16-32-23(34-20(18)35-23)6-5-8-28-10-12-30-14-15-31-13-11-29-9-7-24-19(26)17-33-25-21(27)36-22(2,3)4;1-2/h5-17H2,1-4H3,(H,24,26)(H,25,27);1-2H3. The van der Waals surface area contributed by atoms with E-state index < -0.39 is 23.6 Å². The van der Waals surface area contributed by atoms with Crippen molar-refractivity contribution in [3.05, 3.63) is 11.5 Å². The molecule has 3 aliphatic rings. The molecule has 1 fully saturated rings. The number of nitrogens with one attached hydrogen (secondary N) is 2. The van der Waals surface area contributed by atoms with E-state index in [-0.39, 0.29) is 6.61 Å². The van der Waals surface area contributed by atoms with Crippen LogP contribution in [0, 0.1) is 0 Å². The van der Waals surface area contributed by atoms with E-state index in [0.717, 1.165) is 12.0 Å². The fraction of sp³-hybridized carbons (Fsp3) is 0.840. The molecule has 0 aromatic rings. The number of amides is 2. The molecule has 1 saturated heterocycles. The van der Waals surface area contributed by atoms with Gasteiger partial charge in [0.1, 0.15) is 5.60 Å². The Kier molecular flexibility index (Phi) is 16.9. The van der Waals surface area contributed by atoms with E-state index in [0.29, 0.717) is 78.4 Å². The van der Waals surface area contributed by atoms with Crippen molar-refractivity contribution in [3.63, 3.8) is 0 Å². The smallest absolute Gasteiger partial charge is 0.431 e. The Hall–Kier alpha value is -2.16. The summed E-state index contributed by atoms with van der Waals surface area (Å²) in [4.78, 5) is 27.7. The van der Waals surface area contributed by atoms with Gasteiger partial charge < -0.3 is 43.2 Å². The molecule has 0 spiro atoms. The molecule has 222 valence electrons. The van der Waals surface area contributed by atoms with Crippen LogP contribution in [0.1, 0.15) is 54.4 Å². The second-order valence-electron chi connectivity index (χ2n) is 9.04. The van der Waals surface area contributed by atoms with Crippen LogP contribution in [0.2, 0.25) is 0 Å². The van der Waals surface area contributed by atoms with E-state index in [1.54, 1.807) is 20.8 Å². The average molecular weight is 551 g/mol. The van der Waals surface area contributed by atoms with Gasteiger partial charge in [0.2, 0.25) is 5.91 Å². The normalized spacial score (nSPS) is 15.3. The van der Waals surface area contributed by atoms with Gasteiger partial charge in [-0.3, -0.25) is 9.63 Å². The van der Waals surface area contributed by atoms with Crippen molar-refractivity contribution in [2.45, 2.75) is 66.0 Å². The van der Waals surface area contributed by atoms with E-state index >= 15 is 0 Å². The molecule has 3 rings (SSSR count). The number of hydrogen-bond donors (Lipinski definition) is 2. The number of carbonyl (C=O) groups is 2. The second kappa shape index (κ2) is 19.0. The highest BCUT2D eigenvalue weighted by Crippen LogP contribution is 2.42. The molecule has 2 amide bonds. The lowest BCUT2D eigenvalue weighted by molar-refractivity contribution is -0.469. The number of rotatable bonds is 19. The van der Waals surface area contributed by atoms with Crippen molar-refractivity contribution in [1.82, 2.24) is 10.8 Å². The van der Waals surface area contributed by atoms with Crippen LogP contribution in [0.4, 0.5) is 4.79 Å². The van der Waals surface area contributed by atoms with Crippen LogP contribution in [0.25, 0.3) is 0 Å². The number of hydrogen-bond acceptors (Lipinski definition) is 11. The van der Waals surface area contributed by atoms with E-state index in [1.165, 1.54) is 0 Å². The molecule has 3 aliphatic heterocycles. The summed E-state index contributed by atoms with van der Waals surface area (Å²) in [5.41, 5.74) is 2.37. The van der Waals surface area contributed by atoms with Crippen LogP contribution in [0.15, 0.2) is 11.5 Å². The van der Waals surface area contributed by atoms with Crippen LogP contribution < -0.4 is 10.8 Å². The molecule has 13 heteroatoms. The molecule has 0 atom stereocenters. The minimum atomic E-state index is -0.902. The van der Waals surface area contributed by atoms with Crippen molar-refractivity contribution in [2.75, 3.05) is 72.6 Å². The summed E-state index contributed by atoms with van der Waals surface area (Å²) < 4.78 is 43.3. The number of carbonyl (C=O) groups excluding carboxylic acids is 2. The Bertz CT molecular complexity index is 702. The first-order valence-electron chi connectivity index (χ1n) is 13.1. The van der Waals surface area contributed by atoms with Gasteiger partial charge in [-0.2, -0.15) is 5.48 Å². The molecule has 0 aromatic carbocycles. The van der Waals surface area contributed by atoms with Gasteiger partial charge in [0.15, 0.2) is 6.61 Å². The van der Waals surface area contributed by atoms with Crippen LogP contribution in [0.5, 0.6) is 0 Å². The highest BCUT2D eigenvalue weighted by molar-refractivity contribution is 5.77. The van der Waals surface area contributed by atoms with E-state index in [4.69, 9.17) is 42.7 Å². The Labute approximate surface area is 225 Å². The first-order chi connectivity index (χ1) is 18.2. The summed E-state index contributed by atoms with van der Waals surface area (Å²) in [7, 11) is 0. The zero-order valence-corrected chi connectivity index (χ0v) is 23.7. The van der Waals surface area contributed by atoms with Crippen LogP contribution in [0.3, 0.4) is 0 Å². The maximum Gasteiger partial charge on any atom is 0.431 e. The second-order valence-corrected chi connectivity index (χ2v) is 9.04. The highest BCUT2D eigenvalue weighted by atomic mass is 17.0. The Balaban J connectivity index is 0.00000352. The minimum Gasteiger partial charge on any atom is -0.442 e. The molecule has 13 nitrogen and oxygen atoms in total.